The highest BCUT2D eigenvalue weighted by Gasteiger charge is 2.21. The van der Waals surface area contributed by atoms with Crippen LogP contribution in [0.1, 0.15) is 13.8 Å². The molecule has 0 radical (unpaired) electrons. The van der Waals surface area contributed by atoms with Gasteiger partial charge in [0.05, 0.1) is 19.3 Å². The Kier molecular flexibility index (Phi) is 3.15. The quantitative estimate of drug-likeness (QED) is 0.535. The summed E-state index contributed by atoms with van der Waals surface area (Å²) < 4.78 is 30.3. The Morgan fingerprint density at radius 2 is 2.14 bits per heavy atom. The van der Waals surface area contributed by atoms with E-state index in [1.807, 2.05) is 13.8 Å². The highest BCUT2D eigenvalue weighted by molar-refractivity contribution is 7.86. The summed E-state index contributed by atoms with van der Waals surface area (Å²) in [5, 5.41) is 0. The molecule has 1 rings (SSSR count). The Balaban J connectivity index is 3.09. The van der Waals surface area contributed by atoms with E-state index in [4.69, 9.17) is 4.18 Å². The lowest BCUT2D eigenvalue weighted by molar-refractivity contribution is -0.695. The van der Waals surface area contributed by atoms with Crippen LogP contribution in [0, 0.1) is 0 Å². The zero-order valence-electron chi connectivity index (χ0n) is 8.60. The van der Waals surface area contributed by atoms with Gasteiger partial charge in [0, 0.05) is 0 Å². The maximum absolute atomic E-state index is 11.0. The molecule has 0 fully saturated rings. The van der Waals surface area contributed by atoms with Crippen LogP contribution in [0.25, 0.3) is 0 Å². The van der Waals surface area contributed by atoms with E-state index in [9.17, 15) is 8.42 Å². The van der Waals surface area contributed by atoms with Crippen LogP contribution < -0.4 is 8.75 Å². The van der Waals surface area contributed by atoms with Crippen LogP contribution in [0.3, 0.4) is 0 Å². The third-order valence-corrected chi connectivity index (χ3v) is 2.28. The summed E-state index contributed by atoms with van der Waals surface area (Å²) in [5.41, 5.74) is 0. The lowest BCUT2D eigenvalue weighted by Crippen LogP contribution is -2.34. The summed E-state index contributed by atoms with van der Waals surface area (Å²) >= 11 is 0. The molecule has 0 N–H and O–H groups in total. The van der Waals surface area contributed by atoms with Gasteiger partial charge >= 0.3 is 16.1 Å². The summed E-state index contributed by atoms with van der Waals surface area (Å²) in [4.78, 5) is 0. The summed E-state index contributed by atoms with van der Waals surface area (Å²) in [6.45, 7) is 5.21. The Hall–Kier alpha value is -1.04. The first-order valence-corrected chi connectivity index (χ1v) is 6.27. The van der Waals surface area contributed by atoms with Gasteiger partial charge in [0.2, 0.25) is 0 Å². The lowest BCUT2D eigenvalue weighted by atomic mass is 10.7. The predicted octanol–water partition coefficient (Wildman–Crippen LogP) is 0.154. The Morgan fingerprint density at radius 1 is 1.50 bits per heavy atom. The number of imidazole rings is 1. The van der Waals surface area contributed by atoms with Crippen molar-refractivity contribution in [2.75, 3.05) is 6.26 Å². The SMILES string of the molecule is CCn1cc[n+](CC)c1OS(C)(=O)=O. The standard InChI is InChI=1S/C8H15N2O3S/c1-4-9-6-7-10(5-2)8(9)13-14(3,11)12/h6-7H,4-5H2,1-3H3/q+1. The van der Waals surface area contributed by atoms with Gasteiger partial charge in [0.15, 0.2) is 0 Å². The predicted molar refractivity (Wildman–Crippen MR) is 51.4 cm³/mol. The van der Waals surface area contributed by atoms with Crippen LogP contribution in [0.4, 0.5) is 0 Å². The van der Waals surface area contributed by atoms with E-state index >= 15 is 0 Å². The van der Waals surface area contributed by atoms with Crippen LogP contribution in [-0.2, 0) is 23.2 Å². The van der Waals surface area contributed by atoms with Gasteiger partial charge in [-0.1, -0.05) is 0 Å². The second kappa shape index (κ2) is 4.00. The van der Waals surface area contributed by atoms with E-state index in [0.717, 1.165) is 6.26 Å². The number of aryl methyl sites for hydroxylation is 2. The van der Waals surface area contributed by atoms with Crippen LogP contribution in [0.15, 0.2) is 12.4 Å². The molecule has 0 saturated carbocycles. The van der Waals surface area contributed by atoms with E-state index < -0.39 is 10.1 Å². The second-order valence-electron chi connectivity index (χ2n) is 2.94. The fourth-order valence-electron chi connectivity index (χ4n) is 1.17. The van der Waals surface area contributed by atoms with Gasteiger partial charge in [0.25, 0.3) is 0 Å². The van der Waals surface area contributed by atoms with Crippen molar-refractivity contribution >= 4 is 10.1 Å². The number of aromatic nitrogens is 2. The molecule has 0 aliphatic carbocycles. The summed E-state index contributed by atoms with van der Waals surface area (Å²) in [5.74, 6) is 0. The van der Waals surface area contributed by atoms with Crippen molar-refractivity contribution in [1.82, 2.24) is 4.57 Å². The smallest absolute Gasteiger partial charge is 0.308 e. The van der Waals surface area contributed by atoms with Crippen LogP contribution in [-0.4, -0.2) is 19.2 Å². The molecule has 1 aromatic heterocycles. The van der Waals surface area contributed by atoms with Crippen molar-refractivity contribution in [3.63, 3.8) is 0 Å². The normalized spacial score (nSPS) is 11.6. The van der Waals surface area contributed by atoms with Gasteiger partial charge < -0.3 is 4.18 Å². The monoisotopic (exact) mass is 219 g/mol. The molecular formula is C8H15N2O3S+. The largest absolute Gasteiger partial charge is 0.471 e. The minimum absolute atomic E-state index is 0.359. The molecule has 0 amide bonds. The zero-order chi connectivity index (χ0) is 10.8. The highest BCUT2D eigenvalue weighted by Crippen LogP contribution is 2.07. The number of nitrogens with zero attached hydrogens (tertiary/aromatic N) is 2. The van der Waals surface area contributed by atoms with Crippen molar-refractivity contribution in [2.45, 2.75) is 26.9 Å². The molecule has 0 saturated heterocycles. The Labute approximate surface area is 84.1 Å². The fourth-order valence-corrected chi connectivity index (χ4v) is 1.63. The molecule has 1 aromatic rings. The van der Waals surface area contributed by atoms with Crippen molar-refractivity contribution in [2.24, 2.45) is 0 Å². The number of rotatable bonds is 4. The molecular weight excluding hydrogens is 204 g/mol. The zero-order valence-corrected chi connectivity index (χ0v) is 9.41. The van der Waals surface area contributed by atoms with Gasteiger partial charge in [-0.3, -0.25) is 0 Å². The average Bonchev–Trinajstić information content (AvgIpc) is 2.44. The van der Waals surface area contributed by atoms with Gasteiger partial charge in [-0.25, -0.2) is 0 Å². The maximum atomic E-state index is 11.0. The molecule has 0 aromatic carbocycles. The molecule has 6 heteroatoms. The number of hydrogen-bond donors (Lipinski definition) is 0. The van der Waals surface area contributed by atoms with Crippen molar-refractivity contribution in [3.05, 3.63) is 12.4 Å². The molecule has 1 heterocycles. The molecule has 80 valence electrons. The van der Waals surface area contributed by atoms with E-state index in [0.29, 0.717) is 19.1 Å². The van der Waals surface area contributed by atoms with Crippen molar-refractivity contribution < 1.29 is 17.2 Å². The van der Waals surface area contributed by atoms with E-state index in [-0.39, 0.29) is 0 Å². The summed E-state index contributed by atoms with van der Waals surface area (Å²) in [6, 6.07) is 0.359. The lowest BCUT2D eigenvalue weighted by Gasteiger charge is -2.01. The minimum Gasteiger partial charge on any atom is -0.308 e. The Morgan fingerprint density at radius 3 is 2.57 bits per heavy atom. The van der Waals surface area contributed by atoms with E-state index in [2.05, 4.69) is 0 Å². The first kappa shape index (κ1) is 11.0. The first-order chi connectivity index (χ1) is 6.48. The molecule has 14 heavy (non-hydrogen) atoms. The number of hydrogen-bond acceptors (Lipinski definition) is 3. The third kappa shape index (κ3) is 2.47. The topological polar surface area (TPSA) is 52.2 Å². The molecule has 0 aliphatic rings. The second-order valence-corrected chi connectivity index (χ2v) is 4.52. The van der Waals surface area contributed by atoms with E-state index in [1.54, 1.807) is 21.5 Å². The average molecular weight is 219 g/mol. The summed E-state index contributed by atoms with van der Waals surface area (Å²) in [6.07, 6.45) is 4.63. The van der Waals surface area contributed by atoms with Crippen LogP contribution in [0.2, 0.25) is 0 Å². The molecule has 0 atom stereocenters. The molecule has 0 aliphatic heterocycles. The maximum Gasteiger partial charge on any atom is 0.471 e. The van der Waals surface area contributed by atoms with Gasteiger partial charge in [-0.05, 0) is 13.8 Å². The summed E-state index contributed by atoms with van der Waals surface area (Å²) in [7, 11) is -3.45. The van der Waals surface area contributed by atoms with Crippen LogP contribution >= 0.6 is 0 Å². The van der Waals surface area contributed by atoms with Crippen molar-refractivity contribution in [1.29, 1.82) is 0 Å². The fraction of sp³-hybridized carbons (Fsp3) is 0.625. The van der Waals surface area contributed by atoms with E-state index in [1.165, 1.54) is 0 Å². The Bertz CT molecular complexity index is 387. The minimum atomic E-state index is -3.45. The molecule has 0 unspecified atom stereocenters. The molecule has 0 spiro atoms. The molecule has 5 nitrogen and oxygen atoms in total. The molecule has 0 bridgehead atoms. The first-order valence-electron chi connectivity index (χ1n) is 4.46. The highest BCUT2D eigenvalue weighted by atomic mass is 32.2. The van der Waals surface area contributed by atoms with Crippen LogP contribution in [0.5, 0.6) is 6.01 Å². The van der Waals surface area contributed by atoms with Gasteiger partial charge in [-0.15, -0.1) is 0 Å². The van der Waals surface area contributed by atoms with Crippen molar-refractivity contribution in [3.8, 4) is 6.01 Å². The van der Waals surface area contributed by atoms with Gasteiger partial charge in [-0.2, -0.15) is 17.6 Å². The third-order valence-electron chi connectivity index (χ3n) is 1.83. The van der Waals surface area contributed by atoms with Gasteiger partial charge in [0.1, 0.15) is 12.4 Å².